The smallest absolute Gasteiger partial charge is 0.228 e. The molecule has 0 aliphatic carbocycles. The first kappa shape index (κ1) is 10.0. The van der Waals surface area contributed by atoms with Gasteiger partial charge in [0.2, 0.25) is 5.91 Å². The summed E-state index contributed by atoms with van der Waals surface area (Å²) in [5.41, 5.74) is 0.660. The molecule has 0 unspecified atom stereocenters. The molecule has 1 aliphatic heterocycles. The van der Waals surface area contributed by atoms with E-state index in [-0.39, 0.29) is 11.8 Å². The summed E-state index contributed by atoms with van der Waals surface area (Å²) >= 11 is 0. The van der Waals surface area contributed by atoms with Gasteiger partial charge in [-0.2, -0.15) is 0 Å². The second-order valence-corrected chi connectivity index (χ2v) is 3.66. The Hall–Kier alpha value is -1.49. The van der Waals surface area contributed by atoms with Gasteiger partial charge in [-0.1, -0.05) is 0 Å². The van der Waals surface area contributed by atoms with Crippen LogP contribution in [0, 0.1) is 5.92 Å². The molecule has 0 aromatic carbocycles. The van der Waals surface area contributed by atoms with Crippen molar-refractivity contribution in [3.8, 4) is 0 Å². The fourth-order valence-corrected chi connectivity index (χ4v) is 1.68. The van der Waals surface area contributed by atoms with Crippen molar-refractivity contribution in [3.05, 3.63) is 18.7 Å². The average Bonchev–Trinajstić information content (AvgIpc) is 2.31. The third-order valence-corrected chi connectivity index (χ3v) is 2.50. The van der Waals surface area contributed by atoms with Crippen molar-refractivity contribution in [2.75, 3.05) is 18.4 Å². The Bertz CT molecular complexity index is 321. The number of amides is 1. The van der Waals surface area contributed by atoms with Crippen LogP contribution in [0.1, 0.15) is 12.8 Å². The molecule has 0 spiro atoms. The molecule has 5 nitrogen and oxygen atoms in total. The lowest BCUT2D eigenvalue weighted by Gasteiger charge is -2.21. The lowest BCUT2D eigenvalue weighted by Crippen LogP contribution is -2.37. The zero-order valence-corrected chi connectivity index (χ0v) is 8.44. The predicted molar refractivity (Wildman–Crippen MR) is 56.3 cm³/mol. The Morgan fingerprint density at radius 3 is 2.93 bits per heavy atom. The van der Waals surface area contributed by atoms with Crippen LogP contribution in [-0.4, -0.2) is 29.0 Å². The maximum absolute atomic E-state index is 11.8. The number of hydrogen-bond acceptors (Lipinski definition) is 4. The summed E-state index contributed by atoms with van der Waals surface area (Å²) < 4.78 is 0. The van der Waals surface area contributed by atoms with E-state index in [0.29, 0.717) is 5.69 Å². The minimum atomic E-state index is 0.0528. The van der Waals surface area contributed by atoms with E-state index in [4.69, 9.17) is 0 Å². The first-order valence-corrected chi connectivity index (χ1v) is 5.13. The minimum absolute atomic E-state index is 0.0528. The van der Waals surface area contributed by atoms with Gasteiger partial charge in [0.15, 0.2) is 0 Å². The van der Waals surface area contributed by atoms with E-state index >= 15 is 0 Å². The molecule has 1 amide bonds. The Kier molecular flexibility index (Phi) is 3.24. The number of rotatable bonds is 2. The van der Waals surface area contributed by atoms with Crippen molar-refractivity contribution in [1.82, 2.24) is 15.3 Å². The third-order valence-electron chi connectivity index (χ3n) is 2.50. The minimum Gasteiger partial charge on any atom is -0.323 e. The molecule has 1 aliphatic rings. The molecule has 0 radical (unpaired) electrons. The van der Waals surface area contributed by atoms with Gasteiger partial charge in [-0.15, -0.1) is 0 Å². The average molecular weight is 206 g/mol. The van der Waals surface area contributed by atoms with Gasteiger partial charge in [-0.3, -0.25) is 4.79 Å². The van der Waals surface area contributed by atoms with Gasteiger partial charge >= 0.3 is 0 Å². The van der Waals surface area contributed by atoms with Crippen LogP contribution in [-0.2, 0) is 4.79 Å². The summed E-state index contributed by atoms with van der Waals surface area (Å²) in [6.07, 6.45) is 6.65. The zero-order chi connectivity index (χ0) is 10.5. The summed E-state index contributed by atoms with van der Waals surface area (Å²) in [7, 11) is 0. The van der Waals surface area contributed by atoms with Crippen molar-refractivity contribution in [2.24, 2.45) is 5.92 Å². The van der Waals surface area contributed by atoms with E-state index in [1.807, 2.05) is 0 Å². The van der Waals surface area contributed by atoms with Crippen LogP contribution in [0.25, 0.3) is 0 Å². The van der Waals surface area contributed by atoms with Crippen molar-refractivity contribution in [3.63, 3.8) is 0 Å². The van der Waals surface area contributed by atoms with Crippen molar-refractivity contribution < 1.29 is 4.79 Å². The first-order chi connectivity index (χ1) is 7.36. The molecule has 0 bridgehead atoms. The molecular weight excluding hydrogens is 192 g/mol. The zero-order valence-electron chi connectivity index (χ0n) is 8.44. The summed E-state index contributed by atoms with van der Waals surface area (Å²) in [4.78, 5) is 19.4. The van der Waals surface area contributed by atoms with E-state index in [1.165, 1.54) is 6.33 Å². The van der Waals surface area contributed by atoms with Crippen molar-refractivity contribution in [1.29, 1.82) is 0 Å². The lowest BCUT2D eigenvalue weighted by atomic mass is 9.99. The number of piperidine rings is 1. The van der Waals surface area contributed by atoms with Gasteiger partial charge in [-0.05, 0) is 19.4 Å². The van der Waals surface area contributed by atoms with Gasteiger partial charge in [0, 0.05) is 6.54 Å². The van der Waals surface area contributed by atoms with Crippen LogP contribution in [0.2, 0.25) is 0 Å². The SMILES string of the molecule is O=C(Nc1cncnc1)[C@@H]1CCCNC1. The Morgan fingerprint density at radius 2 is 2.27 bits per heavy atom. The molecule has 0 saturated carbocycles. The van der Waals surface area contributed by atoms with Gasteiger partial charge in [0.25, 0.3) is 0 Å². The van der Waals surface area contributed by atoms with Crippen LogP contribution in [0.4, 0.5) is 5.69 Å². The summed E-state index contributed by atoms with van der Waals surface area (Å²) in [6, 6.07) is 0. The Labute approximate surface area is 88.3 Å². The maximum atomic E-state index is 11.8. The highest BCUT2D eigenvalue weighted by atomic mass is 16.1. The van der Waals surface area contributed by atoms with Crippen LogP contribution in [0.3, 0.4) is 0 Å². The van der Waals surface area contributed by atoms with E-state index in [0.717, 1.165) is 25.9 Å². The highest BCUT2D eigenvalue weighted by Gasteiger charge is 2.20. The molecule has 1 atom stereocenters. The van der Waals surface area contributed by atoms with Crippen molar-refractivity contribution in [2.45, 2.75) is 12.8 Å². The number of nitrogens with zero attached hydrogens (tertiary/aromatic N) is 2. The Balaban J connectivity index is 1.91. The Morgan fingerprint density at radius 1 is 1.47 bits per heavy atom. The summed E-state index contributed by atoms with van der Waals surface area (Å²) in [5.74, 6) is 0.121. The number of hydrogen-bond donors (Lipinski definition) is 2. The molecule has 1 saturated heterocycles. The fraction of sp³-hybridized carbons (Fsp3) is 0.500. The number of nitrogens with one attached hydrogen (secondary N) is 2. The fourth-order valence-electron chi connectivity index (χ4n) is 1.68. The molecule has 2 rings (SSSR count). The second-order valence-electron chi connectivity index (χ2n) is 3.66. The van der Waals surface area contributed by atoms with E-state index in [9.17, 15) is 4.79 Å². The summed E-state index contributed by atoms with van der Waals surface area (Å²) in [6.45, 7) is 1.78. The number of aromatic nitrogens is 2. The van der Waals surface area contributed by atoms with Gasteiger partial charge in [0.05, 0.1) is 24.0 Å². The maximum Gasteiger partial charge on any atom is 0.228 e. The largest absolute Gasteiger partial charge is 0.323 e. The van der Waals surface area contributed by atoms with Crippen LogP contribution in [0.5, 0.6) is 0 Å². The molecule has 1 aromatic heterocycles. The normalized spacial score (nSPS) is 20.9. The molecule has 1 fully saturated rings. The summed E-state index contributed by atoms with van der Waals surface area (Å²) in [5, 5.41) is 6.02. The molecule has 1 aromatic rings. The molecule has 15 heavy (non-hydrogen) atoms. The predicted octanol–water partition coefficient (Wildman–Crippen LogP) is 0.415. The molecule has 5 heteroatoms. The van der Waals surface area contributed by atoms with Gasteiger partial charge < -0.3 is 10.6 Å². The van der Waals surface area contributed by atoms with Crippen LogP contribution < -0.4 is 10.6 Å². The van der Waals surface area contributed by atoms with Crippen LogP contribution >= 0.6 is 0 Å². The molecule has 2 heterocycles. The van der Waals surface area contributed by atoms with E-state index in [1.54, 1.807) is 12.4 Å². The topological polar surface area (TPSA) is 66.9 Å². The molecule has 80 valence electrons. The van der Waals surface area contributed by atoms with Gasteiger partial charge in [-0.25, -0.2) is 9.97 Å². The highest BCUT2D eigenvalue weighted by molar-refractivity contribution is 5.92. The van der Waals surface area contributed by atoms with E-state index in [2.05, 4.69) is 20.6 Å². The van der Waals surface area contributed by atoms with Gasteiger partial charge in [0.1, 0.15) is 6.33 Å². The first-order valence-electron chi connectivity index (χ1n) is 5.13. The number of anilines is 1. The number of carbonyl (C=O) groups is 1. The second kappa shape index (κ2) is 4.84. The molecule has 2 N–H and O–H groups in total. The lowest BCUT2D eigenvalue weighted by molar-refractivity contribution is -0.120. The monoisotopic (exact) mass is 206 g/mol. The van der Waals surface area contributed by atoms with Crippen LogP contribution in [0.15, 0.2) is 18.7 Å². The third kappa shape index (κ3) is 2.73. The van der Waals surface area contributed by atoms with E-state index < -0.39 is 0 Å². The quantitative estimate of drug-likeness (QED) is 0.735. The highest BCUT2D eigenvalue weighted by Crippen LogP contribution is 2.12. The van der Waals surface area contributed by atoms with Crippen molar-refractivity contribution >= 4 is 11.6 Å². The standard InChI is InChI=1S/C10H14N4O/c15-10(8-2-1-3-11-4-8)14-9-5-12-7-13-6-9/h5-8,11H,1-4H2,(H,14,15)/t8-/m1/s1. The number of carbonyl (C=O) groups excluding carboxylic acids is 1. The molecular formula is C10H14N4O.